The Balaban J connectivity index is 2.04. The topological polar surface area (TPSA) is 71.2 Å². The summed E-state index contributed by atoms with van der Waals surface area (Å²) in [4.78, 5) is 0. The van der Waals surface area contributed by atoms with Crippen molar-refractivity contribution in [1.29, 1.82) is 0 Å². The van der Waals surface area contributed by atoms with Crippen LogP contribution < -0.4 is 5.32 Å². The minimum atomic E-state index is 0.0815. The monoisotopic (exact) mass is 253 g/mol. The average molecular weight is 254 g/mol. The molecule has 0 aliphatic carbocycles. The van der Waals surface area contributed by atoms with E-state index < -0.39 is 0 Å². The zero-order chi connectivity index (χ0) is 12.1. The van der Waals surface area contributed by atoms with Gasteiger partial charge in [0.05, 0.1) is 13.2 Å². The summed E-state index contributed by atoms with van der Waals surface area (Å²) in [7, 11) is 0. The fourth-order valence-corrected chi connectivity index (χ4v) is 1.43. The van der Waals surface area contributed by atoms with E-state index in [0.29, 0.717) is 29.9 Å². The van der Waals surface area contributed by atoms with E-state index in [0.717, 1.165) is 5.56 Å². The van der Waals surface area contributed by atoms with Gasteiger partial charge in [0.25, 0.3) is 0 Å². The third-order valence-electron chi connectivity index (χ3n) is 2.12. The molecule has 0 saturated heterocycles. The predicted octanol–water partition coefficient (Wildman–Crippen LogP) is 1.47. The van der Waals surface area contributed by atoms with E-state index >= 15 is 0 Å². The predicted molar refractivity (Wildman–Crippen MR) is 63.5 cm³/mol. The second-order valence-electron chi connectivity index (χ2n) is 3.41. The Kier molecular flexibility index (Phi) is 4.08. The Morgan fingerprint density at radius 3 is 2.71 bits per heavy atom. The molecule has 1 heterocycles. The van der Waals surface area contributed by atoms with Crippen molar-refractivity contribution in [2.24, 2.45) is 0 Å². The van der Waals surface area contributed by atoms with Crippen LogP contribution in [0.1, 0.15) is 5.89 Å². The van der Waals surface area contributed by atoms with Gasteiger partial charge in [0.2, 0.25) is 11.8 Å². The molecule has 0 spiro atoms. The van der Waals surface area contributed by atoms with Crippen molar-refractivity contribution < 1.29 is 9.52 Å². The molecule has 0 radical (unpaired) electrons. The average Bonchev–Trinajstić information content (AvgIpc) is 2.79. The molecule has 0 saturated carbocycles. The summed E-state index contributed by atoms with van der Waals surface area (Å²) >= 11 is 5.79. The summed E-state index contributed by atoms with van der Waals surface area (Å²) in [6, 6.07) is 7.18. The Bertz CT molecular complexity index is 470. The maximum atomic E-state index is 8.61. The minimum Gasteiger partial charge on any atom is -0.419 e. The maximum absolute atomic E-state index is 8.61. The van der Waals surface area contributed by atoms with Crippen LogP contribution in [-0.4, -0.2) is 28.5 Å². The zero-order valence-corrected chi connectivity index (χ0v) is 9.81. The zero-order valence-electron chi connectivity index (χ0n) is 9.06. The molecule has 0 unspecified atom stereocenters. The van der Waals surface area contributed by atoms with E-state index in [1.165, 1.54) is 0 Å². The van der Waals surface area contributed by atoms with E-state index in [4.69, 9.17) is 21.1 Å². The molecule has 2 rings (SSSR count). The van der Waals surface area contributed by atoms with Gasteiger partial charge in [-0.3, -0.25) is 0 Å². The standard InChI is InChI=1S/C11H12ClN3O2/c12-9-3-1-8(2-4-9)11-15-14-10(17-11)7-13-5-6-16/h1-4,13,16H,5-7H2. The molecule has 6 heteroatoms. The fourth-order valence-electron chi connectivity index (χ4n) is 1.31. The molecular weight excluding hydrogens is 242 g/mol. The lowest BCUT2D eigenvalue weighted by atomic mass is 10.2. The second kappa shape index (κ2) is 5.77. The minimum absolute atomic E-state index is 0.0815. The van der Waals surface area contributed by atoms with Gasteiger partial charge >= 0.3 is 0 Å². The van der Waals surface area contributed by atoms with Crippen molar-refractivity contribution in [3.05, 3.63) is 35.2 Å². The van der Waals surface area contributed by atoms with Crippen LogP contribution in [-0.2, 0) is 6.54 Å². The highest BCUT2D eigenvalue weighted by Crippen LogP contribution is 2.19. The van der Waals surface area contributed by atoms with Crippen molar-refractivity contribution in [1.82, 2.24) is 15.5 Å². The molecule has 1 aromatic carbocycles. The number of rotatable bonds is 5. The number of benzene rings is 1. The number of aliphatic hydroxyl groups excluding tert-OH is 1. The number of hydrogen-bond acceptors (Lipinski definition) is 5. The number of aromatic nitrogens is 2. The van der Waals surface area contributed by atoms with Crippen LogP contribution in [0.25, 0.3) is 11.5 Å². The molecule has 0 aliphatic heterocycles. The van der Waals surface area contributed by atoms with Gasteiger partial charge in [0, 0.05) is 17.1 Å². The summed E-state index contributed by atoms with van der Waals surface area (Å²) in [5.41, 5.74) is 0.829. The molecule has 1 aromatic heterocycles. The third-order valence-corrected chi connectivity index (χ3v) is 2.37. The molecule has 0 bridgehead atoms. The Morgan fingerprint density at radius 1 is 1.24 bits per heavy atom. The van der Waals surface area contributed by atoms with Gasteiger partial charge in [-0.15, -0.1) is 10.2 Å². The van der Waals surface area contributed by atoms with Gasteiger partial charge in [-0.1, -0.05) is 11.6 Å². The van der Waals surface area contributed by atoms with Crippen molar-refractivity contribution in [2.75, 3.05) is 13.2 Å². The normalized spacial score (nSPS) is 10.7. The molecule has 0 atom stereocenters. The lowest BCUT2D eigenvalue weighted by Gasteiger charge is -1.96. The van der Waals surface area contributed by atoms with Gasteiger partial charge in [0.15, 0.2) is 0 Å². The molecule has 90 valence electrons. The number of nitrogens with one attached hydrogen (secondary N) is 1. The van der Waals surface area contributed by atoms with Crippen LogP contribution >= 0.6 is 11.6 Å². The van der Waals surface area contributed by atoms with Gasteiger partial charge in [-0.05, 0) is 24.3 Å². The molecule has 0 amide bonds. The number of halogens is 1. The first-order chi connectivity index (χ1) is 8.29. The number of aliphatic hydroxyl groups is 1. The van der Waals surface area contributed by atoms with Gasteiger partial charge in [-0.2, -0.15) is 0 Å². The highest BCUT2D eigenvalue weighted by Gasteiger charge is 2.07. The van der Waals surface area contributed by atoms with E-state index in [-0.39, 0.29) is 6.61 Å². The highest BCUT2D eigenvalue weighted by atomic mass is 35.5. The first kappa shape index (κ1) is 12.0. The number of nitrogens with zero attached hydrogens (tertiary/aromatic N) is 2. The summed E-state index contributed by atoms with van der Waals surface area (Å²) in [6.45, 7) is 1.03. The van der Waals surface area contributed by atoms with Crippen LogP contribution in [0.2, 0.25) is 5.02 Å². The smallest absolute Gasteiger partial charge is 0.247 e. The molecule has 5 nitrogen and oxygen atoms in total. The first-order valence-corrected chi connectivity index (χ1v) is 5.57. The van der Waals surface area contributed by atoms with Gasteiger partial charge < -0.3 is 14.8 Å². The third kappa shape index (κ3) is 3.26. The Morgan fingerprint density at radius 2 is 2.00 bits per heavy atom. The van der Waals surface area contributed by atoms with E-state index in [2.05, 4.69) is 15.5 Å². The molecule has 0 aliphatic rings. The molecule has 2 N–H and O–H groups in total. The maximum Gasteiger partial charge on any atom is 0.247 e. The van der Waals surface area contributed by atoms with Gasteiger partial charge in [0.1, 0.15) is 0 Å². The molecule has 2 aromatic rings. The lowest BCUT2D eigenvalue weighted by molar-refractivity contribution is 0.289. The van der Waals surface area contributed by atoms with E-state index in [1.54, 1.807) is 12.1 Å². The first-order valence-electron chi connectivity index (χ1n) is 5.19. The molecule has 0 fully saturated rings. The van der Waals surface area contributed by atoms with Crippen molar-refractivity contribution >= 4 is 11.6 Å². The Hall–Kier alpha value is -1.43. The highest BCUT2D eigenvalue weighted by molar-refractivity contribution is 6.30. The van der Waals surface area contributed by atoms with Crippen LogP contribution in [0, 0.1) is 0 Å². The molecule has 17 heavy (non-hydrogen) atoms. The lowest BCUT2D eigenvalue weighted by Crippen LogP contribution is -2.17. The quantitative estimate of drug-likeness (QED) is 0.790. The van der Waals surface area contributed by atoms with Crippen molar-refractivity contribution in [2.45, 2.75) is 6.54 Å². The summed E-state index contributed by atoms with van der Waals surface area (Å²) in [5.74, 6) is 0.950. The van der Waals surface area contributed by atoms with Crippen LogP contribution in [0.4, 0.5) is 0 Å². The van der Waals surface area contributed by atoms with E-state index in [1.807, 2.05) is 12.1 Å². The largest absolute Gasteiger partial charge is 0.419 e. The SMILES string of the molecule is OCCNCc1nnc(-c2ccc(Cl)cc2)o1. The van der Waals surface area contributed by atoms with Crippen LogP contribution in [0.3, 0.4) is 0 Å². The van der Waals surface area contributed by atoms with Crippen molar-refractivity contribution in [3.63, 3.8) is 0 Å². The summed E-state index contributed by atoms with van der Waals surface area (Å²) < 4.78 is 5.45. The Labute approximate surface area is 103 Å². The molecular formula is C11H12ClN3O2. The fraction of sp³-hybridized carbons (Fsp3) is 0.273. The van der Waals surface area contributed by atoms with E-state index in [9.17, 15) is 0 Å². The van der Waals surface area contributed by atoms with Crippen LogP contribution in [0.15, 0.2) is 28.7 Å². The number of hydrogen-bond donors (Lipinski definition) is 2. The second-order valence-corrected chi connectivity index (χ2v) is 3.84. The summed E-state index contributed by atoms with van der Waals surface area (Å²) in [5, 5.41) is 20.1. The van der Waals surface area contributed by atoms with Crippen molar-refractivity contribution in [3.8, 4) is 11.5 Å². The summed E-state index contributed by atoms with van der Waals surface area (Å²) in [6.07, 6.45) is 0. The van der Waals surface area contributed by atoms with Gasteiger partial charge in [-0.25, -0.2) is 0 Å². The van der Waals surface area contributed by atoms with Crippen LogP contribution in [0.5, 0.6) is 0 Å².